The van der Waals surface area contributed by atoms with Crippen LogP contribution in [-0.4, -0.2) is 6.10 Å². The summed E-state index contributed by atoms with van der Waals surface area (Å²) in [6, 6.07) is 5.70. The number of hydrogen-bond acceptors (Lipinski definition) is 2. The zero-order chi connectivity index (χ0) is 9.42. The Bertz CT molecular complexity index is 327. The van der Waals surface area contributed by atoms with E-state index in [-0.39, 0.29) is 12.1 Å². The molecule has 2 nitrogen and oxygen atoms in total. The first-order valence-corrected chi connectivity index (χ1v) is 4.72. The third kappa shape index (κ3) is 1.46. The molecule has 2 atom stereocenters. The smallest absolute Gasteiger partial charge is 0.0744 e. The maximum absolute atomic E-state index is 6.07. The average Bonchev–Trinajstić information content (AvgIpc) is 2.12. The van der Waals surface area contributed by atoms with E-state index in [1.165, 1.54) is 0 Å². The molecular weight excluding hydrogens is 186 g/mol. The maximum atomic E-state index is 6.07. The van der Waals surface area contributed by atoms with Crippen LogP contribution in [0.3, 0.4) is 0 Å². The molecule has 0 saturated carbocycles. The monoisotopic (exact) mass is 197 g/mol. The SMILES string of the molecule is C[C@@H]1OCc2cccc(Cl)c2[C@H]1N. The van der Waals surface area contributed by atoms with Crippen LogP contribution in [0.25, 0.3) is 0 Å². The highest BCUT2D eigenvalue weighted by atomic mass is 35.5. The van der Waals surface area contributed by atoms with Crippen molar-refractivity contribution in [3.8, 4) is 0 Å². The Labute approximate surface area is 82.6 Å². The molecule has 13 heavy (non-hydrogen) atoms. The van der Waals surface area contributed by atoms with Crippen molar-refractivity contribution in [3.05, 3.63) is 34.3 Å². The molecule has 3 heteroatoms. The summed E-state index contributed by atoms with van der Waals surface area (Å²) in [4.78, 5) is 0. The van der Waals surface area contributed by atoms with Crippen LogP contribution < -0.4 is 5.73 Å². The van der Waals surface area contributed by atoms with Gasteiger partial charge in [0.05, 0.1) is 18.8 Å². The van der Waals surface area contributed by atoms with E-state index in [2.05, 4.69) is 0 Å². The lowest BCUT2D eigenvalue weighted by Gasteiger charge is -2.29. The molecule has 1 aliphatic heterocycles. The molecule has 0 aromatic heterocycles. The molecule has 70 valence electrons. The molecule has 1 heterocycles. The van der Waals surface area contributed by atoms with Gasteiger partial charge in [0.1, 0.15) is 0 Å². The van der Waals surface area contributed by atoms with Crippen LogP contribution in [0, 0.1) is 0 Å². The van der Waals surface area contributed by atoms with Gasteiger partial charge in [-0.15, -0.1) is 0 Å². The summed E-state index contributed by atoms with van der Waals surface area (Å²) >= 11 is 6.07. The molecule has 0 aliphatic carbocycles. The second-order valence-electron chi connectivity index (χ2n) is 3.35. The minimum absolute atomic E-state index is 0.0485. The molecule has 0 amide bonds. The standard InChI is InChI=1S/C10H12ClNO/c1-6-10(12)9-7(5-13-6)3-2-4-8(9)11/h2-4,6,10H,5,12H2,1H3/t6-,10-/m0/s1. The predicted octanol–water partition coefficient (Wildman–Crippen LogP) is 2.26. The third-order valence-corrected chi connectivity index (χ3v) is 2.81. The summed E-state index contributed by atoms with van der Waals surface area (Å²) < 4.78 is 5.49. The van der Waals surface area contributed by atoms with Crippen LogP contribution >= 0.6 is 11.6 Å². The molecule has 1 aromatic rings. The number of hydrogen-bond donors (Lipinski definition) is 1. The zero-order valence-electron chi connectivity index (χ0n) is 7.46. The largest absolute Gasteiger partial charge is 0.372 e. The first-order valence-electron chi connectivity index (χ1n) is 4.34. The fraction of sp³-hybridized carbons (Fsp3) is 0.400. The van der Waals surface area contributed by atoms with Gasteiger partial charge >= 0.3 is 0 Å². The van der Waals surface area contributed by atoms with Gasteiger partial charge in [-0.25, -0.2) is 0 Å². The van der Waals surface area contributed by atoms with Crippen molar-refractivity contribution in [2.24, 2.45) is 5.73 Å². The van der Waals surface area contributed by atoms with Gasteiger partial charge in [-0.1, -0.05) is 23.7 Å². The van der Waals surface area contributed by atoms with Crippen molar-refractivity contribution in [3.63, 3.8) is 0 Å². The number of nitrogens with two attached hydrogens (primary N) is 1. The van der Waals surface area contributed by atoms with Crippen molar-refractivity contribution in [2.45, 2.75) is 25.7 Å². The summed E-state index contributed by atoms with van der Waals surface area (Å²) in [6.45, 7) is 2.59. The lowest BCUT2D eigenvalue weighted by Crippen LogP contribution is -2.31. The molecular formula is C10H12ClNO. The van der Waals surface area contributed by atoms with Crippen LogP contribution in [0.15, 0.2) is 18.2 Å². The first-order chi connectivity index (χ1) is 6.20. The molecule has 0 radical (unpaired) electrons. The van der Waals surface area contributed by atoms with Gasteiger partial charge in [-0.3, -0.25) is 0 Å². The van der Waals surface area contributed by atoms with Crippen molar-refractivity contribution >= 4 is 11.6 Å². The minimum Gasteiger partial charge on any atom is -0.372 e. The van der Waals surface area contributed by atoms with E-state index in [4.69, 9.17) is 22.1 Å². The highest BCUT2D eigenvalue weighted by molar-refractivity contribution is 6.31. The number of halogens is 1. The second-order valence-corrected chi connectivity index (χ2v) is 3.76. The molecule has 0 unspecified atom stereocenters. The molecule has 0 saturated heterocycles. The van der Waals surface area contributed by atoms with Gasteiger partial charge in [0, 0.05) is 5.02 Å². The summed E-state index contributed by atoms with van der Waals surface area (Å²) in [5.41, 5.74) is 8.13. The Morgan fingerprint density at radius 2 is 2.31 bits per heavy atom. The summed E-state index contributed by atoms with van der Waals surface area (Å²) in [6.07, 6.45) is 0.0485. The van der Waals surface area contributed by atoms with Gasteiger partial charge in [-0.05, 0) is 24.1 Å². The zero-order valence-corrected chi connectivity index (χ0v) is 8.21. The topological polar surface area (TPSA) is 35.2 Å². The van der Waals surface area contributed by atoms with E-state index >= 15 is 0 Å². The molecule has 2 rings (SSSR count). The highest BCUT2D eigenvalue weighted by Crippen LogP contribution is 2.32. The van der Waals surface area contributed by atoms with Gasteiger partial charge in [0.2, 0.25) is 0 Å². The van der Waals surface area contributed by atoms with E-state index in [0.717, 1.165) is 16.1 Å². The quantitative estimate of drug-likeness (QED) is 0.693. The van der Waals surface area contributed by atoms with E-state index in [9.17, 15) is 0 Å². The Morgan fingerprint density at radius 1 is 1.54 bits per heavy atom. The predicted molar refractivity (Wildman–Crippen MR) is 52.6 cm³/mol. The van der Waals surface area contributed by atoms with Gasteiger partial charge in [-0.2, -0.15) is 0 Å². The fourth-order valence-corrected chi connectivity index (χ4v) is 1.96. The number of ether oxygens (including phenoxy) is 1. The van der Waals surface area contributed by atoms with E-state index in [1.807, 2.05) is 25.1 Å². The van der Waals surface area contributed by atoms with Crippen LogP contribution in [-0.2, 0) is 11.3 Å². The highest BCUT2D eigenvalue weighted by Gasteiger charge is 2.25. The molecule has 0 bridgehead atoms. The van der Waals surface area contributed by atoms with Crippen LogP contribution in [0.4, 0.5) is 0 Å². The average molecular weight is 198 g/mol. The fourth-order valence-electron chi connectivity index (χ4n) is 1.64. The first kappa shape index (κ1) is 9.00. The van der Waals surface area contributed by atoms with Crippen LogP contribution in [0.2, 0.25) is 5.02 Å². The Balaban J connectivity index is 2.51. The van der Waals surface area contributed by atoms with Crippen molar-refractivity contribution in [2.75, 3.05) is 0 Å². The molecule has 1 aromatic carbocycles. The number of benzene rings is 1. The Morgan fingerprint density at radius 3 is 3.08 bits per heavy atom. The van der Waals surface area contributed by atoms with Crippen molar-refractivity contribution in [1.29, 1.82) is 0 Å². The van der Waals surface area contributed by atoms with Gasteiger partial charge < -0.3 is 10.5 Å². The lowest BCUT2D eigenvalue weighted by atomic mass is 9.95. The van der Waals surface area contributed by atoms with E-state index < -0.39 is 0 Å². The number of rotatable bonds is 0. The van der Waals surface area contributed by atoms with Crippen LogP contribution in [0.1, 0.15) is 24.1 Å². The Kier molecular flexibility index (Phi) is 2.28. The third-order valence-electron chi connectivity index (χ3n) is 2.48. The Hall–Kier alpha value is -0.570. The van der Waals surface area contributed by atoms with Crippen molar-refractivity contribution < 1.29 is 4.74 Å². The van der Waals surface area contributed by atoms with Crippen molar-refractivity contribution in [1.82, 2.24) is 0 Å². The normalized spacial score (nSPS) is 27.0. The lowest BCUT2D eigenvalue weighted by molar-refractivity contribution is 0.0214. The van der Waals surface area contributed by atoms with Gasteiger partial charge in [0.15, 0.2) is 0 Å². The molecule has 2 N–H and O–H groups in total. The van der Waals surface area contributed by atoms with E-state index in [1.54, 1.807) is 0 Å². The van der Waals surface area contributed by atoms with E-state index in [0.29, 0.717) is 6.61 Å². The summed E-state index contributed by atoms with van der Waals surface area (Å²) in [5, 5.41) is 0.750. The second kappa shape index (κ2) is 3.29. The maximum Gasteiger partial charge on any atom is 0.0744 e. The number of fused-ring (bicyclic) bond motifs is 1. The summed E-state index contributed by atoms with van der Waals surface area (Å²) in [5.74, 6) is 0. The molecule has 1 aliphatic rings. The molecule has 0 spiro atoms. The van der Waals surface area contributed by atoms with Crippen LogP contribution in [0.5, 0.6) is 0 Å². The minimum atomic E-state index is -0.0996. The summed E-state index contributed by atoms with van der Waals surface area (Å²) in [7, 11) is 0. The van der Waals surface area contributed by atoms with Gasteiger partial charge in [0.25, 0.3) is 0 Å². The molecule has 0 fully saturated rings.